The first-order valence-electron chi connectivity index (χ1n) is 5.44. The predicted molar refractivity (Wildman–Crippen MR) is 69.8 cm³/mol. The number of hydrogen-bond donors (Lipinski definition) is 2. The third-order valence-electron chi connectivity index (χ3n) is 2.10. The smallest absolute Gasteiger partial charge is 0.251 e. The van der Waals surface area contributed by atoms with Crippen LogP contribution in [0.15, 0.2) is 28.7 Å². The lowest BCUT2D eigenvalue weighted by Crippen LogP contribution is -2.30. The minimum atomic E-state index is -0.171. The first-order chi connectivity index (χ1) is 8.13. The van der Waals surface area contributed by atoms with Crippen molar-refractivity contribution in [3.8, 4) is 0 Å². The summed E-state index contributed by atoms with van der Waals surface area (Å²) in [5.41, 5.74) is 0.579. The van der Waals surface area contributed by atoms with E-state index in [9.17, 15) is 9.59 Å². The Balaban J connectivity index is 2.38. The van der Waals surface area contributed by atoms with E-state index in [1.54, 1.807) is 18.2 Å². The molecule has 0 aliphatic heterocycles. The third kappa shape index (κ3) is 4.99. The van der Waals surface area contributed by atoms with Crippen molar-refractivity contribution in [2.75, 3.05) is 13.1 Å². The average molecular weight is 299 g/mol. The molecule has 1 rings (SSSR count). The summed E-state index contributed by atoms with van der Waals surface area (Å²) in [6.07, 6.45) is 0.299. The number of nitrogens with one attached hydrogen (secondary N) is 2. The lowest BCUT2D eigenvalue weighted by molar-refractivity contribution is -0.120. The molecule has 17 heavy (non-hydrogen) atoms. The summed E-state index contributed by atoms with van der Waals surface area (Å²) >= 11 is 3.30. The van der Waals surface area contributed by atoms with Gasteiger partial charge in [-0.15, -0.1) is 0 Å². The van der Waals surface area contributed by atoms with Crippen LogP contribution in [0.25, 0.3) is 0 Å². The highest BCUT2D eigenvalue weighted by Gasteiger charge is 2.06. The number of rotatable bonds is 5. The summed E-state index contributed by atoms with van der Waals surface area (Å²) in [6.45, 7) is 2.81. The highest BCUT2D eigenvalue weighted by Crippen LogP contribution is 2.11. The molecule has 92 valence electrons. The summed E-state index contributed by atoms with van der Waals surface area (Å²) in [7, 11) is 0. The van der Waals surface area contributed by atoms with Crippen LogP contribution in [0.4, 0.5) is 0 Å². The number of hydrogen-bond acceptors (Lipinski definition) is 2. The Morgan fingerprint density at radius 2 is 2.06 bits per heavy atom. The van der Waals surface area contributed by atoms with E-state index in [-0.39, 0.29) is 11.8 Å². The van der Waals surface area contributed by atoms with Gasteiger partial charge in [-0.2, -0.15) is 0 Å². The van der Waals surface area contributed by atoms with E-state index in [0.29, 0.717) is 25.1 Å². The van der Waals surface area contributed by atoms with Crippen molar-refractivity contribution >= 4 is 27.7 Å². The van der Waals surface area contributed by atoms with Crippen molar-refractivity contribution in [3.63, 3.8) is 0 Å². The van der Waals surface area contributed by atoms with Gasteiger partial charge < -0.3 is 10.6 Å². The second-order valence-electron chi connectivity index (χ2n) is 3.47. The second-order valence-corrected chi connectivity index (χ2v) is 4.39. The number of carbonyl (C=O) groups is 2. The molecule has 0 aliphatic carbocycles. The highest BCUT2D eigenvalue weighted by atomic mass is 79.9. The van der Waals surface area contributed by atoms with Crippen LogP contribution in [0.5, 0.6) is 0 Å². The fourth-order valence-corrected chi connectivity index (χ4v) is 1.71. The zero-order valence-electron chi connectivity index (χ0n) is 9.63. The van der Waals surface area contributed by atoms with E-state index >= 15 is 0 Å². The molecule has 0 spiro atoms. The molecule has 0 atom stereocenters. The van der Waals surface area contributed by atoms with Crippen molar-refractivity contribution in [1.82, 2.24) is 10.6 Å². The number of carbonyl (C=O) groups excluding carboxylic acids is 2. The SMILES string of the molecule is CCNC(=O)CCNC(=O)c1cccc(Br)c1. The molecule has 0 fully saturated rings. The van der Waals surface area contributed by atoms with E-state index in [1.807, 2.05) is 13.0 Å². The van der Waals surface area contributed by atoms with Crippen LogP contribution in [0.3, 0.4) is 0 Å². The van der Waals surface area contributed by atoms with Crippen molar-refractivity contribution in [2.24, 2.45) is 0 Å². The van der Waals surface area contributed by atoms with E-state index in [2.05, 4.69) is 26.6 Å². The Bertz CT molecular complexity index is 407. The molecule has 0 aliphatic rings. The van der Waals surface area contributed by atoms with Gasteiger partial charge in [0.15, 0.2) is 0 Å². The van der Waals surface area contributed by atoms with Crippen LogP contribution in [-0.2, 0) is 4.79 Å². The molecule has 0 radical (unpaired) electrons. The quantitative estimate of drug-likeness (QED) is 0.869. The van der Waals surface area contributed by atoms with Crippen molar-refractivity contribution < 1.29 is 9.59 Å². The van der Waals surface area contributed by atoms with Gasteiger partial charge in [-0.25, -0.2) is 0 Å². The molecule has 0 bridgehead atoms. The minimum Gasteiger partial charge on any atom is -0.356 e. The van der Waals surface area contributed by atoms with Gasteiger partial charge in [0.25, 0.3) is 5.91 Å². The molecule has 2 N–H and O–H groups in total. The molecule has 1 aromatic rings. The van der Waals surface area contributed by atoms with Crippen LogP contribution in [0, 0.1) is 0 Å². The number of amides is 2. The normalized spacial score (nSPS) is 9.76. The molecule has 2 amide bonds. The zero-order chi connectivity index (χ0) is 12.7. The number of benzene rings is 1. The topological polar surface area (TPSA) is 58.2 Å². The molecule has 0 saturated heterocycles. The van der Waals surface area contributed by atoms with Crippen molar-refractivity contribution in [3.05, 3.63) is 34.3 Å². The van der Waals surface area contributed by atoms with E-state index < -0.39 is 0 Å². The fraction of sp³-hybridized carbons (Fsp3) is 0.333. The lowest BCUT2D eigenvalue weighted by atomic mass is 10.2. The Morgan fingerprint density at radius 3 is 2.71 bits per heavy atom. The van der Waals surface area contributed by atoms with Crippen LogP contribution < -0.4 is 10.6 Å². The van der Waals surface area contributed by atoms with E-state index in [4.69, 9.17) is 0 Å². The van der Waals surface area contributed by atoms with Crippen LogP contribution in [0.1, 0.15) is 23.7 Å². The average Bonchev–Trinajstić information content (AvgIpc) is 2.29. The lowest BCUT2D eigenvalue weighted by Gasteiger charge is -2.05. The molecular formula is C12H15BrN2O2. The first kappa shape index (κ1) is 13.7. The summed E-state index contributed by atoms with van der Waals surface area (Å²) in [5.74, 6) is -0.224. The third-order valence-corrected chi connectivity index (χ3v) is 2.59. The van der Waals surface area contributed by atoms with Gasteiger partial charge in [0, 0.05) is 29.5 Å². The maximum atomic E-state index is 11.7. The minimum absolute atomic E-state index is 0.0537. The van der Waals surface area contributed by atoms with Gasteiger partial charge in [-0.1, -0.05) is 22.0 Å². The zero-order valence-corrected chi connectivity index (χ0v) is 11.2. The Morgan fingerprint density at radius 1 is 1.29 bits per heavy atom. The van der Waals surface area contributed by atoms with Crippen molar-refractivity contribution in [1.29, 1.82) is 0 Å². The largest absolute Gasteiger partial charge is 0.356 e. The Kier molecular flexibility index (Phi) is 5.69. The molecule has 4 nitrogen and oxygen atoms in total. The molecular weight excluding hydrogens is 284 g/mol. The van der Waals surface area contributed by atoms with Gasteiger partial charge in [0.1, 0.15) is 0 Å². The maximum Gasteiger partial charge on any atom is 0.251 e. The summed E-state index contributed by atoms with van der Waals surface area (Å²) in [6, 6.07) is 7.11. The van der Waals surface area contributed by atoms with Gasteiger partial charge in [-0.05, 0) is 25.1 Å². The Labute approximate surface area is 109 Å². The van der Waals surface area contributed by atoms with Gasteiger partial charge in [-0.3, -0.25) is 9.59 Å². The second kappa shape index (κ2) is 7.06. The first-order valence-corrected chi connectivity index (χ1v) is 6.23. The van der Waals surface area contributed by atoms with Gasteiger partial charge in [0.2, 0.25) is 5.91 Å². The number of halogens is 1. The van der Waals surface area contributed by atoms with Crippen LogP contribution in [0.2, 0.25) is 0 Å². The fourth-order valence-electron chi connectivity index (χ4n) is 1.31. The Hall–Kier alpha value is -1.36. The summed E-state index contributed by atoms with van der Waals surface area (Å²) in [4.78, 5) is 22.8. The van der Waals surface area contributed by atoms with E-state index in [0.717, 1.165) is 4.47 Å². The van der Waals surface area contributed by atoms with Crippen LogP contribution in [-0.4, -0.2) is 24.9 Å². The van der Waals surface area contributed by atoms with Gasteiger partial charge >= 0.3 is 0 Å². The van der Waals surface area contributed by atoms with Gasteiger partial charge in [0.05, 0.1) is 0 Å². The van der Waals surface area contributed by atoms with Crippen molar-refractivity contribution in [2.45, 2.75) is 13.3 Å². The van der Waals surface area contributed by atoms with E-state index in [1.165, 1.54) is 0 Å². The molecule has 0 unspecified atom stereocenters. The predicted octanol–water partition coefficient (Wildman–Crippen LogP) is 1.71. The summed E-state index contributed by atoms with van der Waals surface area (Å²) in [5, 5.41) is 5.37. The molecule has 0 saturated carbocycles. The molecule has 0 heterocycles. The monoisotopic (exact) mass is 298 g/mol. The van der Waals surface area contributed by atoms with Crippen LogP contribution >= 0.6 is 15.9 Å². The summed E-state index contributed by atoms with van der Waals surface area (Å²) < 4.78 is 0.855. The molecule has 0 aromatic heterocycles. The standard InChI is InChI=1S/C12H15BrN2O2/c1-2-14-11(16)6-7-15-12(17)9-4-3-5-10(13)8-9/h3-5,8H,2,6-7H2,1H3,(H,14,16)(H,15,17). The maximum absolute atomic E-state index is 11.7. The highest BCUT2D eigenvalue weighted by molar-refractivity contribution is 9.10. The molecule has 5 heteroatoms. The molecule has 1 aromatic carbocycles.